The number of anilines is 1. The SMILES string of the molecule is COc1ccc(N(CCCN)C(=O)N2CCCC2)cc1. The summed E-state index contributed by atoms with van der Waals surface area (Å²) >= 11 is 0. The van der Waals surface area contributed by atoms with E-state index in [0.29, 0.717) is 13.1 Å². The molecule has 110 valence electrons. The lowest BCUT2D eigenvalue weighted by Gasteiger charge is -2.28. The Morgan fingerprint density at radius 2 is 1.95 bits per heavy atom. The molecule has 1 fully saturated rings. The van der Waals surface area contributed by atoms with Crippen LogP contribution in [0.25, 0.3) is 0 Å². The molecule has 0 aliphatic carbocycles. The summed E-state index contributed by atoms with van der Waals surface area (Å²) in [7, 11) is 1.64. The number of amides is 2. The van der Waals surface area contributed by atoms with Crippen LogP contribution in [0.3, 0.4) is 0 Å². The molecule has 20 heavy (non-hydrogen) atoms. The van der Waals surface area contributed by atoms with Crippen LogP contribution in [-0.4, -0.2) is 44.2 Å². The van der Waals surface area contributed by atoms with E-state index < -0.39 is 0 Å². The number of ether oxygens (including phenoxy) is 1. The third kappa shape index (κ3) is 3.42. The number of urea groups is 1. The Hall–Kier alpha value is -1.75. The molecular weight excluding hydrogens is 254 g/mol. The van der Waals surface area contributed by atoms with Gasteiger partial charge in [0.25, 0.3) is 0 Å². The van der Waals surface area contributed by atoms with E-state index in [1.54, 1.807) is 7.11 Å². The summed E-state index contributed by atoms with van der Waals surface area (Å²) < 4.78 is 5.16. The van der Waals surface area contributed by atoms with Gasteiger partial charge in [0.15, 0.2) is 0 Å². The lowest BCUT2D eigenvalue weighted by molar-refractivity contribution is 0.215. The monoisotopic (exact) mass is 277 g/mol. The highest BCUT2D eigenvalue weighted by Gasteiger charge is 2.24. The van der Waals surface area contributed by atoms with Crippen molar-refractivity contribution >= 4 is 11.7 Å². The van der Waals surface area contributed by atoms with Gasteiger partial charge >= 0.3 is 6.03 Å². The Bertz CT molecular complexity index is 427. The molecular formula is C15H23N3O2. The van der Waals surface area contributed by atoms with E-state index in [1.807, 2.05) is 34.1 Å². The van der Waals surface area contributed by atoms with Crippen LogP contribution in [-0.2, 0) is 0 Å². The Kier molecular flexibility index (Phi) is 5.24. The third-order valence-corrected chi connectivity index (χ3v) is 3.58. The lowest BCUT2D eigenvalue weighted by Crippen LogP contribution is -2.42. The van der Waals surface area contributed by atoms with Gasteiger partial charge in [-0.05, 0) is 50.1 Å². The maximum Gasteiger partial charge on any atom is 0.324 e. The molecule has 1 saturated heterocycles. The molecule has 0 bridgehead atoms. The minimum Gasteiger partial charge on any atom is -0.497 e. The van der Waals surface area contributed by atoms with Crippen LogP contribution < -0.4 is 15.4 Å². The minimum atomic E-state index is 0.0844. The highest BCUT2D eigenvalue weighted by molar-refractivity contribution is 5.92. The summed E-state index contributed by atoms with van der Waals surface area (Å²) in [5.74, 6) is 0.793. The average Bonchev–Trinajstić information content (AvgIpc) is 3.02. The van der Waals surface area contributed by atoms with Crippen LogP contribution in [0.15, 0.2) is 24.3 Å². The predicted molar refractivity (Wildman–Crippen MR) is 80.2 cm³/mol. The third-order valence-electron chi connectivity index (χ3n) is 3.58. The molecule has 5 heteroatoms. The van der Waals surface area contributed by atoms with Crippen molar-refractivity contribution in [1.82, 2.24) is 4.90 Å². The van der Waals surface area contributed by atoms with Gasteiger partial charge < -0.3 is 15.4 Å². The Morgan fingerprint density at radius 1 is 1.30 bits per heavy atom. The second kappa shape index (κ2) is 7.14. The maximum atomic E-state index is 12.6. The van der Waals surface area contributed by atoms with E-state index >= 15 is 0 Å². The van der Waals surface area contributed by atoms with Crippen molar-refractivity contribution in [2.24, 2.45) is 5.73 Å². The fourth-order valence-corrected chi connectivity index (χ4v) is 2.43. The second-order valence-electron chi connectivity index (χ2n) is 4.97. The van der Waals surface area contributed by atoms with E-state index in [-0.39, 0.29) is 6.03 Å². The molecule has 1 aromatic carbocycles. The summed E-state index contributed by atoms with van der Waals surface area (Å²) in [5.41, 5.74) is 6.48. The first-order valence-electron chi connectivity index (χ1n) is 7.17. The van der Waals surface area contributed by atoms with Gasteiger partial charge in [0.1, 0.15) is 5.75 Å². The van der Waals surface area contributed by atoms with E-state index in [9.17, 15) is 4.79 Å². The Labute approximate surface area is 120 Å². The van der Waals surface area contributed by atoms with Crippen LogP contribution in [0.5, 0.6) is 5.75 Å². The topological polar surface area (TPSA) is 58.8 Å². The van der Waals surface area contributed by atoms with Crippen LogP contribution in [0.2, 0.25) is 0 Å². The molecule has 1 aliphatic rings. The van der Waals surface area contributed by atoms with Crippen molar-refractivity contribution in [2.45, 2.75) is 19.3 Å². The molecule has 0 atom stereocenters. The summed E-state index contributed by atoms with van der Waals surface area (Å²) in [5, 5.41) is 0. The van der Waals surface area contributed by atoms with Crippen LogP contribution >= 0.6 is 0 Å². The fourth-order valence-electron chi connectivity index (χ4n) is 2.43. The first-order valence-corrected chi connectivity index (χ1v) is 7.17. The van der Waals surface area contributed by atoms with Gasteiger partial charge in [-0.25, -0.2) is 4.79 Å². The number of benzene rings is 1. The van der Waals surface area contributed by atoms with Crippen molar-refractivity contribution in [3.8, 4) is 5.75 Å². The van der Waals surface area contributed by atoms with Crippen molar-refractivity contribution < 1.29 is 9.53 Å². The van der Waals surface area contributed by atoms with Gasteiger partial charge in [-0.15, -0.1) is 0 Å². The highest BCUT2D eigenvalue weighted by atomic mass is 16.5. The average molecular weight is 277 g/mol. The number of nitrogens with two attached hydrogens (primary N) is 1. The number of nitrogens with zero attached hydrogens (tertiary/aromatic N) is 2. The van der Waals surface area contributed by atoms with E-state index in [0.717, 1.165) is 43.8 Å². The zero-order valence-corrected chi connectivity index (χ0v) is 12.0. The van der Waals surface area contributed by atoms with Crippen LogP contribution in [0.4, 0.5) is 10.5 Å². The van der Waals surface area contributed by atoms with Crippen molar-refractivity contribution in [2.75, 3.05) is 38.2 Å². The van der Waals surface area contributed by atoms with Crippen LogP contribution in [0.1, 0.15) is 19.3 Å². The number of likely N-dealkylation sites (tertiary alicyclic amines) is 1. The predicted octanol–water partition coefficient (Wildman–Crippen LogP) is 2.07. The molecule has 0 radical (unpaired) electrons. The van der Waals surface area contributed by atoms with E-state index in [2.05, 4.69) is 0 Å². The zero-order valence-electron chi connectivity index (χ0n) is 12.0. The lowest BCUT2D eigenvalue weighted by atomic mass is 10.2. The van der Waals surface area contributed by atoms with E-state index in [1.165, 1.54) is 0 Å². The van der Waals surface area contributed by atoms with Gasteiger partial charge in [0.05, 0.1) is 7.11 Å². The number of hydrogen-bond donors (Lipinski definition) is 1. The largest absolute Gasteiger partial charge is 0.497 e. The summed E-state index contributed by atoms with van der Waals surface area (Å²) in [6.07, 6.45) is 2.99. The van der Waals surface area contributed by atoms with Gasteiger partial charge in [0.2, 0.25) is 0 Å². The number of methoxy groups -OCH3 is 1. The second-order valence-corrected chi connectivity index (χ2v) is 4.97. The molecule has 2 N–H and O–H groups in total. The standard InChI is InChI=1S/C15H23N3O2/c1-20-14-7-5-13(6-8-14)18(12-4-9-16)15(19)17-10-2-3-11-17/h5-8H,2-4,9-12,16H2,1H3. The molecule has 0 spiro atoms. The normalized spacial score (nSPS) is 14.4. The quantitative estimate of drug-likeness (QED) is 0.896. The molecule has 1 heterocycles. The number of rotatable bonds is 5. The number of carbonyl (C=O) groups is 1. The Morgan fingerprint density at radius 3 is 2.50 bits per heavy atom. The Balaban J connectivity index is 2.14. The van der Waals surface area contributed by atoms with E-state index in [4.69, 9.17) is 10.5 Å². The number of carbonyl (C=O) groups excluding carboxylic acids is 1. The molecule has 0 saturated carbocycles. The van der Waals surface area contributed by atoms with Crippen molar-refractivity contribution in [1.29, 1.82) is 0 Å². The first kappa shape index (κ1) is 14.7. The molecule has 2 amide bonds. The summed E-state index contributed by atoms with van der Waals surface area (Å²) in [4.78, 5) is 16.3. The van der Waals surface area contributed by atoms with Crippen LogP contribution in [0, 0.1) is 0 Å². The van der Waals surface area contributed by atoms with Gasteiger partial charge in [-0.3, -0.25) is 4.90 Å². The molecule has 0 aromatic heterocycles. The summed E-state index contributed by atoms with van der Waals surface area (Å²) in [6, 6.07) is 7.68. The molecule has 1 aliphatic heterocycles. The molecule has 0 unspecified atom stereocenters. The van der Waals surface area contributed by atoms with Gasteiger partial charge in [-0.1, -0.05) is 0 Å². The smallest absolute Gasteiger partial charge is 0.324 e. The fraction of sp³-hybridized carbons (Fsp3) is 0.533. The minimum absolute atomic E-state index is 0.0844. The molecule has 1 aromatic rings. The van der Waals surface area contributed by atoms with Gasteiger partial charge in [-0.2, -0.15) is 0 Å². The first-order chi connectivity index (χ1) is 9.76. The maximum absolute atomic E-state index is 12.6. The molecule has 5 nitrogen and oxygen atoms in total. The van der Waals surface area contributed by atoms with Crippen molar-refractivity contribution in [3.05, 3.63) is 24.3 Å². The zero-order chi connectivity index (χ0) is 14.4. The highest BCUT2D eigenvalue weighted by Crippen LogP contribution is 2.22. The molecule has 2 rings (SSSR count). The van der Waals surface area contributed by atoms with Gasteiger partial charge in [0, 0.05) is 25.3 Å². The van der Waals surface area contributed by atoms with Crippen molar-refractivity contribution in [3.63, 3.8) is 0 Å². The summed E-state index contributed by atoms with van der Waals surface area (Å²) in [6.45, 7) is 2.94. The number of hydrogen-bond acceptors (Lipinski definition) is 3.